The molecule has 0 amide bonds. The molecular formula is C19H27BO. The van der Waals surface area contributed by atoms with E-state index in [4.69, 9.17) is 12.6 Å². The van der Waals surface area contributed by atoms with E-state index >= 15 is 0 Å². The molecule has 3 atom stereocenters. The first kappa shape index (κ1) is 15.0. The van der Waals surface area contributed by atoms with Crippen molar-refractivity contribution in [1.29, 1.82) is 0 Å². The predicted molar refractivity (Wildman–Crippen MR) is 89.1 cm³/mol. The van der Waals surface area contributed by atoms with Crippen LogP contribution in [0.2, 0.25) is 0 Å². The van der Waals surface area contributed by atoms with Crippen molar-refractivity contribution in [3.63, 3.8) is 0 Å². The van der Waals surface area contributed by atoms with E-state index in [1.54, 1.807) is 11.1 Å². The van der Waals surface area contributed by atoms with Gasteiger partial charge in [-0.05, 0) is 66.2 Å². The number of rotatable bonds is 4. The minimum Gasteiger partial charge on any atom is -0.504 e. The highest BCUT2D eigenvalue weighted by Crippen LogP contribution is 2.55. The lowest BCUT2D eigenvalue weighted by atomic mass is 9.52. The second kappa shape index (κ2) is 6.06. The van der Waals surface area contributed by atoms with E-state index in [2.05, 4.69) is 32.0 Å². The molecule has 0 aromatic heterocycles. The topological polar surface area (TPSA) is 9.23 Å². The van der Waals surface area contributed by atoms with Crippen LogP contribution in [0, 0.1) is 11.8 Å². The van der Waals surface area contributed by atoms with E-state index in [1.165, 1.54) is 44.9 Å². The largest absolute Gasteiger partial charge is 0.504 e. The fourth-order valence-corrected chi connectivity index (χ4v) is 5.15. The second-order valence-electron chi connectivity index (χ2n) is 6.86. The molecule has 1 unspecified atom stereocenters. The highest BCUT2D eigenvalue weighted by molar-refractivity contribution is 6.08. The minimum absolute atomic E-state index is 0.263. The number of fused-ring (bicyclic) bond motifs is 3. The Hall–Kier alpha value is -0.915. The van der Waals surface area contributed by atoms with Crippen molar-refractivity contribution in [3.8, 4) is 5.75 Å². The lowest BCUT2D eigenvalue weighted by molar-refractivity contribution is 0.0953. The standard InChI is InChI=1S/C19H27BO/c1-3-14-11-15-8-9-16(21-13-20)12-18(15)19(4-2)10-6-5-7-17(14)19/h8-9,12,14,17H,3-7,10-11,13H2,1-2H3/t14-,17?,19+/m0/s1. The smallest absolute Gasteiger partial charge is 0.122 e. The third-order valence-corrected chi connectivity index (χ3v) is 6.17. The van der Waals surface area contributed by atoms with Crippen LogP contribution in [0.15, 0.2) is 18.2 Å². The van der Waals surface area contributed by atoms with E-state index in [9.17, 15) is 0 Å². The maximum atomic E-state index is 5.57. The van der Waals surface area contributed by atoms with Gasteiger partial charge in [0.1, 0.15) is 13.6 Å². The fourth-order valence-electron chi connectivity index (χ4n) is 5.15. The lowest BCUT2D eigenvalue weighted by Gasteiger charge is -2.52. The highest BCUT2D eigenvalue weighted by atomic mass is 16.5. The highest BCUT2D eigenvalue weighted by Gasteiger charge is 2.47. The van der Waals surface area contributed by atoms with Crippen LogP contribution < -0.4 is 4.74 Å². The zero-order valence-corrected chi connectivity index (χ0v) is 13.5. The molecule has 0 saturated heterocycles. The molecule has 2 heteroatoms. The third-order valence-electron chi connectivity index (χ3n) is 6.17. The van der Waals surface area contributed by atoms with Gasteiger partial charge in [0.25, 0.3) is 0 Å². The Bertz CT molecular complexity index is 498. The van der Waals surface area contributed by atoms with Gasteiger partial charge in [-0.2, -0.15) is 0 Å². The Morgan fingerprint density at radius 3 is 2.86 bits per heavy atom. The Morgan fingerprint density at radius 2 is 2.14 bits per heavy atom. The number of hydrogen-bond acceptors (Lipinski definition) is 1. The van der Waals surface area contributed by atoms with Crippen LogP contribution in [-0.2, 0) is 11.8 Å². The van der Waals surface area contributed by atoms with Crippen molar-refractivity contribution in [3.05, 3.63) is 29.3 Å². The zero-order valence-electron chi connectivity index (χ0n) is 13.5. The van der Waals surface area contributed by atoms with Gasteiger partial charge in [0, 0.05) is 6.51 Å². The summed E-state index contributed by atoms with van der Waals surface area (Å²) in [4.78, 5) is 0. The molecule has 112 valence electrons. The summed E-state index contributed by atoms with van der Waals surface area (Å²) in [6.07, 6.45) is 9.37. The van der Waals surface area contributed by atoms with Crippen molar-refractivity contribution < 1.29 is 4.74 Å². The van der Waals surface area contributed by atoms with E-state index in [0.717, 1.165) is 17.6 Å². The molecule has 1 nitrogen and oxygen atoms in total. The predicted octanol–water partition coefficient (Wildman–Crippen LogP) is 4.61. The van der Waals surface area contributed by atoms with Gasteiger partial charge in [0.2, 0.25) is 0 Å². The fraction of sp³-hybridized carbons (Fsp3) is 0.684. The summed E-state index contributed by atoms with van der Waals surface area (Å²) in [6, 6.07) is 6.70. The van der Waals surface area contributed by atoms with E-state index < -0.39 is 0 Å². The van der Waals surface area contributed by atoms with Crippen LogP contribution in [0.25, 0.3) is 0 Å². The van der Waals surface area contributed by atoms with Gasteiger partial charge in [-0.25, -0.2) is 0 Å². The molecule has 2 aliphatic carbocycles. The van der Waals surface area contributed by atoms with Crippen LogP contribution in [0.1, 0.15) is 63.5 Å². The van der Waals surface area contributed by atoms with Gasteiger partial charge in [-0.1, -0.05) is 39.2 Å². The van der Waals surface area contributed by atoms with Gasteiger partial charge in [-0.15, -0.1) is 0 Å². The minimum atomic E-state index is 0.263. The van der Waals surface area contributed by atoms with Crippen LogP contribution in [0.4, 0.5) is 0 Å². The van der Waals surface area contributed by atoms with Gasteiger partial charge in [-0.3, -0.25) is 0 Å². The van der Waals surface area contributed by atoms with E-state index in [1.807, 2.05) is 0 Å². The molecule has 1 aromatic carbocycles. The maximum Gasteiger partial charge on any atom is 0.122 e. The number of benzene rings is 1. The summed E-state index contributed by atoms with van der Waals surface area (Å²) in [6.45, 7) is 5.02. The van der Waals surface area contributed by atoms with Crippen molar-refractivity contribution >= 4 is 7.85 Å². The van der Waals surface area contributed by atoms with Crippen LogP contribution in [0.3, 0.4) is 0 Å². The maximum absolute atomic E-state index is 5.57. The first-order chi connectivity index (χ1) is 10.2. The lowest BCUT2D eigenvalue weighted by Crippen LogP contribution is -2.46. The average molecular weight is 282 g/mol. The Morgan fingerprint density at radius 1 is 1.29 bits per heavy atom. The molecule has 21 heavy (non-hydrogen) atoms. The number of ether oxygens (including phenoxy) is 1. The Balaban J connectivity index is 2.09. The van der Waals surface area contributed by atoms with Gasteiger partial charge >= 0.3 is 0 Å². The molecule has 1 saturated carbocycles. The first-order valence-corrected chi connectivity index (χ1v) is 8.71. The quantitative estimate of drug-likeness (QED) is 0.733. The van der Waals surface area contributed by atoms with Gasteiger partial charge < -0.3 is 4.74 Å². The molecule has 3 rings (SSSR count). The monoisotopic (exact) mass is 282 g/mol. The molecule has 2 aliphatic rings. The van der Waals surface area contributed by atoms with Crippen LogP contribution in [-0.4, -0.2) is 14.4 Å². The summed E-state index contributed by atoms with van der Waals surface area (Å²) >= 11 is 0. The van der Waals surface area contributed by atoms with Crippen LogP contribution >= 0.6 is 0 Å². The molecule has 0 spiro atoms. The molecular weight excluding hydrogens is 255 g/mol. The second-order valence-corrected chi connectivity index (χ2v) is 6.86. The molecule has 0 N–H and O–H groups in total. The number of hydrogen-bond donors (Lipinski definition) is 0. The van der Waals surface area contributed by atoms with Crippen LogP contribution in [0.5, 0.6) is 5.75 Å². The molecule has 1 fully saturated rings. The summed E-state index contributed by atoms with van der Waals surface area (Å²) in [5.74, 6) is 2.67. The first-order valence-electron chi connectivity index (χ1n) is 8.71. The van der Waals surface area contributed by atoms with E-state index in [0.29, 0.717) is 5.41 Å². The summed E-state index contributed by atoms with van der Waals surface area (Å²) in [7, 11) is 5.56. The molecule has 0 heterocycles. The zero-order chi connectivity index (χ0) is 14.9. The van der Waals surface area contributed by atoms with Crippen molar-refractivity contribution in [2.75, 3.05) is 6.51 Å². The van der Waals surface area contributed by atoms with Gasteiger partial charge in [0.05, 0.1) is 0 Å². The average Bonchev–Trinajstić information content (AvgIpc) is 2.54. The third kappa shape index (κ3) is 2.41. The summed E-state index contributed by atoms with van der Waals surface area (Å²) in [5.41, 5.74) is 3.53. The van der Waals surface area contributed by atoms with Crippen molar-refractivity contribution in [1.82, 2.24) is 0 Å². The normalized spacial score (nSPS) is 31.3. The summed E-state index contributed by atoms with van der Waals surface area (Å²) in [5, 5.41) is 0. The Kier molecular flexibility index (Phi) is 4.33. The van der Waals surface area contributed by atoms with Crippen molar-refractivity contribution in [2.45, 2.75) is 64.2 Å². The van der Waals surface area contributed by atoms with Crippen molar-refractivity contribution in [2.24, 2.45) is 11.8 Å². The Labute approximate surface area is 130 Å². The summed E-state index contributed by atoms with van der Waals surface area (Å²) < 4.78 is 5.57. The molecule has 1 aromatic rings. The molecule has 0 aliphatic heterocycles. The molecule has 0 bridgehead atoms. The molecule has 2 radical (unpaired) electrons. The van der Waals surface area contributed by atoms with E-state index in [-0.39, 0.29) is 6.51 Å². The SMILES string of the molecule is [B]COc1ccc2c(c1)[C@]1(CC)CCCCC1[C@@H](CC)C2. The van der Waals surface area contributed by atoms with Gasteiger partial charge in [0.15, 0.2) is 0 Å².